The van der Waals surface area contributed by atoms with Crippen molar-refractivity contribution in [1.29, 1.82) is 0 Å². The molecule has 3 rings (SSSR count). The molecule has 0 spiro atoms. The first-order valence-corrected chi connectivity index (χ1v) is 8.14. The Morgan fingerprint density at radius 2 is 1.33 bits per heavy atom. The Hall–Kier alpha value is -1.76. The van der Waals surface area contributed by atoms with Crippen molar-refractivity contribution in [1.82, 2.24) is 4.57 Å². The lowest BCUT2D eigenvalue weighted by Crippen LogP contribution is -2.25. The van der Waals surface area contributed by atoms with Crippen molar-refractivity contribution in [3.63, 3.8) is 0 Å². The van der Waals surface area contributed by atoms with Crippen molar-refractivity contribution < 1.29 is 0 Å². The molecular formula is C20H25N. The fourth-order valence-electron chi connectivity index (χ4n) is 3.49. The maximum atomic E-state index is 2.55. The third-order valence-corrected chi connectivity index (χ3v) is 4.58. The molecule has 1 heterocycles. The van der Waals surface area contributed by atoms with Gasteiger partial charge in [-0.2, -0.15) is 0 Å². The molecule has 0 saturated heterocycles. The molecule has 0 bridgehead atoms. The molecule has 0 N–H and O–H groups in total. The van der Waals surface area contributed by atoms with Gasteiger partial charge in [-0.05, 0) is 32.4 Å². The van der Waals surface area contributed by atoms with Gasteiger partial charge in [0.05, 0.1) is 0 Å². The van der Waals surface area contributed by atoms with Gasteiger partial charge in [0.1, 0.15) is 0 Å². The Morgan fingerprint density at radius 1 is 0.810 bits per heavy atom. The summed E-state index contributed by atoms with van der Waals surface area (Å²) in [5.41, 5.74) is 2.87. The predicted molar refractivity (Wildman–Crippen MR) is 92.9 cm³/mol. The van der Waals surface area contributed by atoms with Gasteiger partial charge in [0.2, 0.25) is 0 Å². The maximum Gasteiger partial charge on any atom is 0.0496 e. The Balaban J connectivity index is 2.19. The smallest absolute Gasteiger partial charge is 0.0496 e. The molecule has 0 radical (unpaired) electrons. The van der Waals surface area contributed by atoms with E-state index in [0.717, 1.165) is 0 Å². The van der Waals surface area contributed by atoms with Crippen LogP contribution in [0.5, 0.6) is 0 Å². The van der Waals surface area contributed by atoms with Crippen molar-refractivity contribution in [2.24, 2.45) is 0 Å². The maximum absolute atomic E-state index is 2.55. The molecule has 0 amide bonds. The van der Waals surface area contributed by atoms with Gasteiger partial charge in [0.25, 0.3) is 0 Å². The predicted octanol–water partition coefficient (Wildman–Crippen LogP) is 6.11. The van der Waals surface area contributed by atoms with Crippen molar-refractivity contribution >= 4 is 21.8 Å². The van der Waals surface area contributed by atoms with Gasteiger partial charge in [-0.25, -0.2) is 0 Å². The lowest BCUT2D eigenvalue weighted by Gasteiger charge is -2.29. The normalized spacial score (nSPS) is 12.3. The Morgan fingerprint density at radius 3 is 1.86 bits per heavy atom. The van der Waals surface area contributed by atoms with E-state index >= 15 is 0 Å². The number of aromatic nitrogens is 1. The number of hydrogen-bond acceptors (Lipinski definition) is 0. The standard InChI is InChI=1S/C20H25N/c1-4-5-10-15-20(2,3)21-18-13-8-6-11-16(18)17-12-7-9-14-19(17)21/h6-9,11-14H,4-5,10,15H2,1-3H3. The number of para-hydroxylation sites is 2. The minimum atomic E-state index is 0.151. The van der Waals surface area contributed by atoms with E-state index in [-0.39, 0.29) is 5.54 Å². The fraction of sp³-hybridized carbons (Fsp3) is 0.400. The zero-order valence-electron chi connectivity index (χ0n) is 13.4. The molecule has 1 aromatic heterocycles. The molecule has 1 nitrogen and oxygen atoms in total. The molecule has 0 atom stereocenters. The number of rotatable bonds is 5. The van der Waals surface area contributed by atoms with E-state index in [1.165, 1.54) is 47.5 Å². The van der Waals surface area contributed by atoms with Crippen LogP contribution in [0.25, 0.3) is 21.8 Å². The highest BCUT2D eigenvalue weighted by Crippen LogP contribution is 2.36. The molecule has 0 aliphatic rings. The molecule has 0 aliphatic heterocycles. The third-order valence-electron chi connectivity index (χ3n) is 4.58. The summed E-state index contributed by atoms with van der Waals surface area (Å²) in [6.07, 6.45) is 5.12. The Bertz CT molecular complexity index is 695. The molecule has 2 aromatic carbocycles. The average molecular weight is 279 g/mol. The molecule has 21 heavy (non-hydrogen) atoms. The van der Waals surface area contributed by atoms with Crippen molar-refractivity contribution in [3.05, 3.63) is 48.5 Å². The first kappa shape index (κ1) is 14.2. The summed E-state index contributed by atoms with van der Waals surface area (Å²) < 4.78 is 2.55. The van der Waals surface area contributed by atoms with E-state index in [2.05, 4.69) is 73.9 Å². The summed E-state index contributed by atoms with van der Waals surface area (Å²) in [6.45, 7) is 7.02. The molecule has 0 fully saturated rings. The first-order chi connectivity index (χ1) is 10.1. The minimum Gasteiger partial charge on any atom is -0.335 e. The highest BCUT2D eigenvalue weighted by atomic mass is 15.1. The summed E-state index contributed by atoms with van der Waals surface area (Å²) in [5.74, 6) is 0. The van der Waals surface area contributed by atoms with E-state index in [1.807, 2.05) is 0 Å². The monoisotopic (exact) mass is 279 g/mol. The van der Waals surface area contributed by atoms with Crippen molar-refractivity contribution in [3.8, 4) is 0 Å². The van der Waals surface area contributed by atoms with Crippen LogP contribution in [-0.4, -0.2) is 4.57 Å². The van der Waals surface area contributed by atoms with E-state index in [4.69, 9.17) is 0 Å². The molecule has 1 heteroatoms. The largest absolute Gasteiger partial charge is 0.335 e. The molecule has 0 unspecified atom stereocenters. The van der Waals surface area contributed by atoms with Crippen LogP contribution in [0, 0.1) is 0 Å². The average Bonchev–Trinajstić information content (AvgIpc) is 2.82. The van der Waals surface area contributed by atoms with E-state index in [9.17, 15) is 0 Å². The summed E-state index contributed by atoms with van der Waals surface area (Å²) in [5, 5.41) is 2.74. The quantitative estimate of drug-likeness (QED) is 0.496. The van der Waals surface area contributed by atoms with Gasteiger partial charge in [-0.15, -0.1) is 0 Å². The number of unbranched alkanes of at least 4 members (excludes halogenated alkanes) is 2. The van der Waals surface area contributed by atoms with Crippen LogP contribution < -0.4 is 0 Å². The van der Waals surface area contributed by atoms with Crippen LogP contribution in [0.2, 0.25) is 0 Å². The number of benzene rings is 2. The van der Waals surface area contributed by atoms with Gasteiger partial charge < -0.3 is 4.57 Å². The highest BCUT2D eigenvalue weighted by Gasteiger charge is 2.24. The highest BCUT2D eigenvalue weighted by molar-refractivity contribution is 6.08. The second-order valence-corrected chi connectivity index (χ2v) is 6.64. The van der Waals surface area contributed by atoms with E-state index in [0.29, 0.717) is 0 Å². The minimum absolute atomic E-state index is 0.151. The second-order valence-electron chi connectivity index (χ2n) is 6.64. The lowest BCUT2D eigenvalue weighted by atomic mass is 9.96. The SMILES string of the molecule is CCCCCC(C)(C)n1c2ccccc2c2ccccc21. The van der Waals surface area contributed by atoms with Gasteiger partial charge in [-0.1, -0.05) is 62.6 Å². The summed E-state index contributed by atoms with van der Waals surface area (Å²) in [7, 11) is 0. The number of nitrogens with zero attached hydrogens (tertiary/aromatic N) is 1. The topological polar surface area (TPSA) is 4.93 Å². The van der Waals surface area contributed by atoms with Crippen molar-refractivity contribution in [2.75, 3.05) is 0 Å². The van der Waals surface area contributed by atoms with E-state index in [1.54, 1.807) is 0 Å². The summed E-state index contributed by atoms with van der Waals surface area (Å²) in [6, 6.07) is 17.6. The summed E-state index contributed by atoms with van der Waals surface area (Å²) >= 11 is 0. The van der Waals surface area contributed by atoms with E-state index < -0.39 is 0 Å². The number of hydrogen-bond donors (Lipinski definition) is 0. The molecule has 110 valence electrons. The molecular weight excluding hydrogens is 254 g/mol. The first-order valence-electron chi connectivity index (χ1n) is 8.14. The molecule has 0 saturated carbocycles. The summed E-state index contributed by atoms with van der Waals surface area (Å²) in [4.78, 5) is 0. The van der Waals surface area contributed by atoms with Crippen LogP contribution in [0.4, 0.5) is 0 Å². The third kappa shape index (κ3) is 2.46. The molecule has 0 aliphatic carbocycles. The lowest BCUT2D eigenvalue weighted by molar-refractivity contribution is 0.333. The number of fused-ring (bicyclic) bond motifs is 3. The van der Waals surface area contributed by atoms with Gasteiger partial charge >= 0.3 is 0 Å². The van der Waals surface area contributed by atoms with Gasteiger partial charge in [0.15, 0.2) is 0 Å². The zero-order chi connectivity index (χ0) is 14.9. The van der Waals surface area contributed by atoms with Crippen LogP contribution in [0.15, 0.2) is 48.5 Å². The van der Waals surface area contributed by atoms with Gasteiger partial charge in [-0.3, -0.25) is 0 Å². The zero-order valence-corrected chi connectivity index (χ0v) is 13.4. The van der Waals surface area contributed by atoms with Crippen LogP contribution in [0.1, 0.15) is 46.5 Å². The fourth-order valence-corrected chi connectivity index (χ4v) is 3.49. The van der Waals surface area contributed by atoms with Gasteiger partial charge in [0, 0.05) is 27.3 Å². The Kier molecular flexibility index (Phi) is 3.75. The second kappa shape index (κ2) is 5.55. The Labute approximate surface area is 127 Å². The van der Waals surface area contributed by atoms with Crippen molar-refractivity contribution in [2.45, 2.75) is 52.0 Å². The van der Waals surface area contributed by atoms with Crippen LogP contribution >= 0.6 is 0 Å². The van der Waals surface area contributed by atoms with Crippen LogP contribution in [-0.2, 0) is 5.54 Å². The molecule has 3 aromatic rings. The van der Waals surface area contributed by atoms with Crippen LogP contribution in [0.3, 0.4) is 0 Å².